The van der Waals surface area contributed by atoms with E-state index < -0.39 is 27.9 Å². The molecule has 0 bridgehead atoms. The monoisotopic (exact) mass is 304 g/mol. The van der Waals surface area contributed by atoms with Crippen molar-refractivity contribution in [3.05, 3.63) is 0 Å². The second-order valence-electron chi connectivity index (χ2n) is 4.80. The average Bonchev–Trinajstić information content (AvgIpc) is 2.00. The van der Waals surface area contributed by atoms with Crippen LogP contribution in [0.25, 0.3) is 0 Å². The summed E-state index contributed by atoms with van der Waals surface area (Å²) in [6.45, 7) is 10.7. The zero-order valence-electron chi connectivity index (χ0n) is 10.5. The van der Waals surface area contributed by atoms with Gasteiger partial charge in [-0.25, -0.2) is 0 Å². The van der Waals surface area contributed by atoms with Crippen molar-refractivity contribution in [2.45, 2.75) is 65.6 Å². The molecule has 0 aliphatic heterocycles. The minimum absolute atomic E-state index is 0.626. The second-order valence-corrected chi connectivity index (χ2v) is 7.63. The molecule has 0 unspecified atom stereocenters. The van der Waals surface area contributed by atoms with E-state index in [1.54, 1.807) is 27.7 Å². The Morgan fingerprint density at radius 1 is 0.867 bits per heavy atom. The van der Waals surface area contributed by atoms with E-state index in [4.69, 9.17) is 6.78 Å². The molecule has 0 aromatic rings. The molecule has 4 nitrogen and oxygen atoms in total. The molecule has 0 saturated heterocycles. The molecule has 0 amide bonds. The summed E-state index contributed by atoms with van der Waals surface area (Å²) in [5.74, 6) is 0. The summed E-state index contributed by atoms with van der Waals surface area (Å²) >= 11 is -5.06. The van der Waals surface area contributed by atoms with Gasteiger partial charge in [0.05, 0.1) is 0 Å². The van der Waals surface area contributed by atoms with Crippen molar-refractivity contribution in [2.75, 3.05) is 0 Å². The predicted molar refractivity (Wildman–Crippen MR) is 52.3 cm³/mol. The van der Waals surface area contributed by atoms with Gasteiger partial charge in [0, 0.05) is 0 Å². The van der Waals surface area contributed by atoms with Gasteiger partial charge in [-0.15, -0.1) is 0 Å². The van der Waals surface area contributed by atoms with Gasteiger partial charge in [-0.3, -0.25) is 0 Å². The van der Waals surface area contributed by atoms with Gasteiger partial charge in [0.2, 0.25) is 0 Å². The van der Waals surface area contributed by atoms with Gasteiger partial charge in [-0.2, -0.15) is 0 Å². The van der Waals surface area contributed by atoms with E-state index in [0.29, 0.717) is 12.8 Å². The van der Waals surface area contributed by atoms with Gasteiger partial charge in [-0.1, -0.05) is 0 Å². The molecule has 0 fully saturated rings. The fourth-order valence-corrected chi connectivity index (χ4v) is 4.07. The van der Waals surface area contributed by atoms with Crippen molar-refractivity contribution in [1.29, 1.82) is 0 Å². The van der Waals surface area contributed by atoms with Crippen LogP contribution in [0.3, 0.4) is 0 Å². The first kappa shape index (κ1) is 15.2. The predicted octanol–water partition coefficient (Wildman–Crippen LogP) is 3.07. The fraction of sp³-hybridized carbons (Fsp3) is 1.00. The van der Waals surface area contributed by atoms with Gasteiger partial charge < -0.3 is 0 Å². The first-order valence-electron chi connectivity index (χ1n) is 5.20. The molecule has 0 radical (unpaired) electrons. The third kappa shape index (κ3) is 6.39. The Morgan fingerprint density at radius 3 is 1.33 bits per heavy atom. The second kappa shape index (κ2) is 5.03. The van der Waals surface area contributed by atoms with Gasteiger partial charge in [0.15, 0.2) is 0 Å². The van der Waals surface area contributed by atoms with Gasteiger partial charge in [0.25, 0.3) is 0 Å². The molecular formula is C10H22MoO4. The van der Waals surface area contributed by atoms with Gasteiger partial charge in [-0.05, 0) is 0 Å². The van der Waals surface area contributed by atoms with Crippen LogP contribution in [0.5, 0.6) is 0 Å². The van der Waals surface area contributed by atoms with E-state index in [0.717, 1.165) is 0 Å². The van der Waals surface area contributed by atoms with Crippen molar-refractivity contribution in [2.24, 2.45) is 0 Å². The Balaban J connectivity index is 4.59. The van der Waals surface area contributed by atoms with Crippen LogP contribution in [0.2, 0.25) is 0 Å². The van der Waals surface area contributed by atoms with Crippen LogP contribution >= 0.6 is 0 Å². The van der Waals surface area contributed by atoms with E-state index in [9.17, 15) is 6.80 Å². The first-order chi connectivity index (χ1) is 6.54. The van der Waals surface area contributed by atoms with E-state index in [1.807, 2.05) is 13.8 Å². The van der Waals surface area contributed by atoms with Gasteiger partial charge >= 0.3 is 95.9 Å². The van der Waals surface area contributed by atoms with Crippen molar-refractivity contribution in [1.82, 2.24) is 0 Å². The molecule has 5 heteroatoms. The summed E-state index contributed by atoms with van der Waals surface area (Å²) < 4.78 is 33.4. The Hall–Kier alpha value is 0.208. The van der Waals surface area contributed by atoms with Crippen molar-refractivity contribution in [3.8, 4) is 0 Å². The molecule has 0 aliphatic carbocycles. The quantitative estimate of drug-likeness (QED) is 0.708. The van der Waals surface area contributed by atoms with Crippen LogP contribution < -0.4 is 0 Å². The normalized spacial score (nSPS) is 14.3. The molecule has 0 aromatic carbocycles. The molecule has 0 saturated carbocycles. The van der Waals surface area contributed by atoms with Crippen molar-refractivity contribution < 1.29 is 30.3 Å². The van der Waals surface area contributed by atoms with E-state index in [1.165, 1.54) is 0 Å². The van der Waals surface area contributed by atoms with Crippen LogP contribution in [0, 0.1) is 0 Å². The van der Waals surface area contributed by atoms with Crippen LogP contribution in [-0.4, -0.2) is 11.2 Å². The molecule has 0 aromatic heterocycles. The summed E-state index contributed by atoms with van der Waals surface area (Å²) in [5, 5.41) is 0. The van der Waals surface area contributed by atoms with E-state index in [2.05, 4.69) is 0 Å². The van der Waals surface area contributed by atoms with Crippen molar-refractivity contribution >= 4 is 0 Å². The average molecular weight is 302 g/mol. The number of hydrogen-bond donors (Lipinski definition) is 0. The standard InChI is InChI=1S/2C5H11O.Mo.2O/c2*1-4-5(2,3)6;;;/h2*4H2,1-3H3;;;/q2*-1;+2;;. The number of rotatable bonds is 6. The Kier molecular flexibility index (Phi) is 5.10. The minimum atomic E-state index is -5.06. The molecule has 0 heterocycles. The topological polar surface area (TPSA) is 52.6 Å². The van der Waals surface area contributed by atoms with Crippen LogP contribution in [-0.2, 0) is 30.3 Å². The molecule has 0 spiro atoms. The Bertz CT molecular complexity index is 267. The fourth-order valence-electron chi connectivity index (χ4n) is 0.687. The van der Waals surface area contributed by atoms with E-state index >= 15 is 0 Å². The van der Waals surface area contributed by atoms with Crippen LogP contribution in [0.15, 0.2) is 0 Å². The Labute approximate surface area is 96.1 Å². The summed E-state index contributed by atoms with van der Waals surface area (Å²) in [7, 11) is 0. The summed E-state index contributed by atoms with van der Waals surface area (Å²) in [4.78, 5) is 0. The molecule has 0 rings (SSSR count). The number of hydrogen-bond acceptors (Lipinski definition) is 4. The summed E-state index contributed by atoms with van der Waals surface area (Å²) in [5.41, 5.74) is -1.34. The SMILES string of the molecule is CCC(C)(C)[O][Mo](=[O])(=[O])[O]C(C)(C)CC. The Morgan fingerprint density at radius 2 is 1.13 bits per heavy atom. The van der Waals surface area contributed by atoms with Crippen LogP contribution in [0.4, 0.5) is 0 Å². The third-order valence-electron chi connectivity index (χ3n) is 2.36. The van der Waals surface area contributed by atoms with Crippen molar-refractivity contribution in [3.63, 3.8) is 0 Å². The maximum absolute atomic E-state index is 11.6. The molecule has 0 atom stereocenters. The van der Waals surface area contributed by atoms with Gasteiger partial charge in [0.1, 0.15) is 0 Å². The van der Waals surface area contributed by atoms with E-state index in [-0.39, 0.29) is 0 Å². The molecule has 92 valence electrons. The molecule has 15 heavy (non-hydrogen) atoms. The zero-order chi connectivity index (χ0) is 12.3. The molecule has 0 N–H and O–H groups in total. The summed E-state index contributed by atoms with van der Waals surface area (Å²) in [6.07, 6.45) is 1.25. The first-order valence-corrected chi connectivity index (χ1v) is 8.47. The molecule has 0 aliphatic rings. The van der Waals surface area contributed by atoms with Crippen LogP contribution in [0.1, 0.15) is 54.4 Å². The summed E-state index contributed by atoms with van der Waals surface area (Å²) in [6, 6.07) is 0. The zero-order valence-corrected chi connectivity index (χ0v) is 12.5. The third-order valence-corrected chi connectivity index (χ3v) is 5.58. The maximum atomic E-state index is 11.6. The molecular weight excluding hydrogens is 280 g/mol.